The molecule has 0 aliphatic heterocycles. The molecule has 1 aliphatic rings. The Morgan fingerprint density at radius 3 is 2.52 bits per heavy atom. The van der Waals surface area contributed by atoms with E-state index in [9.17, 15) is 10.1 Å². The fourth-order valence-electron chi connectivity index (χ4n) is 2.61. The van der Waals surface area contributed by atoms with Crippen LogP contribution in [-0.4, -0.2) is 27.0 Å². The molecular weight excluding hydrogens is 270 g/mol. The number of hydrogen-bond acceptors (Lipinski definition) is 6. The second-order valence-electron chi connectivity index (χ2n) is 5.63. The van der Waals surface area contributed by atoms with Crippen LogP contribution >= 0.6 is 0 Å². The first-order chi connectivity index (χ1) is 10.0. The van der Waals surface area contributed by atoms with Crippen LogP contribution < -0.4 is 10.6 Å². The van der Waals surface area contributed by atoms with E-state index < -0.39 is 4.92 Å². The van der Waals surface area contributed by atoms with Gasteiger partial charge >= 0.3 is 5.69 Å². The first-order valence-electron chi connectivity index (χ1n) is 7.56. The molecule has 0 atom stereocenters. The summed E-state index contributed by atoms with van der Waals surface area (Å²) in [7, 11) is 0. The molecule has 7 nitrogen and oxygen atoms in total. The van der Waals surface area contributed by atoms with E-state index >= 15 is 0 Å². The molecule has 0 unspecified atom stereocenters. The molecule has 7 heteroatoms. The summed E-state index contributed by atoms with van der Waals surface area (Å²) in [6.45, 7) is 6.55. The zero-order chi connectivity index (χ0) is 15.5. The van der Waals surface area contributed by atoms with Gasteiger partial charge in [-0.2, -0.15) is 4.98 Å². The number of aryl methyl sites for hydroxylation is 1. The average molecular weight is 293 g/mol. The Bertz CT molecular complexity index is 523. The highest BCUT2D eigenvalue weighted by atomic mass is 16.6. The molecule has 116 valence electrons. The molecule has 0 amide bonds. The molecule has 0 bridgehead atoms. The van der Waals surface area contributed by atoms with Crippen molar-refractivity contribution in [1.29, 1.82) is 0 Å². The lowest BCUT2D eigenvalue weighted by Gasteiger charge is -2.42. The summed E-state index contributed by atoms with van der Waals surface area (Å²) in [6, 6.07) is 0. The molecule has 1 aromatic rings. The molecule has 0 spiro atoms. The Balaban J connectivity index is 2.35. The van der Waals surface area contributed by atoms with Crippen molar-refractivity contribution in [3.63, 3.8) is 0 Å². The molecule has 0 saturated heterocycles. The number of nitrogens with zero attached hydrogens (tertiary/aromatic N) is 3. The lowest BCUT2D eigenvalue weighted by atomic mass is 9.75. The number of aromatic nitrogens is 2. The van der Waals surface area contributed by atoms with Gasteiger partial charge in [-0.25, -0.2) is 4.98 Å². The van der Waals surface area contributed by atoms with Crippen molar-refractivity contribution < 1.29 is 4.92 Å². The molecule has 0 radical (unpaired) electrons. The van der Waals surface area contributed by atoms with Gasteiger partial charge < -0.3 is 10.6 Å². The van der Waals surface area contributed by atoms with Crippen LogP contribution in [0.4, 0.5) is 17.5 Å². The highest BCUT2D eigenvalue weighted by molar-refractivity contribution is 5.62. The van der Waals surface area contributed by atoms with Gasteiger partial charge in [-0.05, 0) is 39.0 Å². The van der Waals surface area contributed by atoms with E-state index in [0.29, 0.717) is 17.5 Å². The van der Waals surface area contributed by atoms with Crippen molar-refractivity contribution in [3.8, 4) is 0 Å². The van der Waals surface area contributed by atoms with Crippen molar-refractivity contribution >= 4 is 17.5 Å². The van der Waals surface area contributed by atoms with Crippen LogP contribution in [0.5, 0.6) is 0 Å². The molecule has 2 rings (SSSR count). The van der Waals surface area contributed by atoms with Crippen LogP contribution in [0.3, 0.4) is 0 Å². The molecule has 1 aliphatic carbocycles. The Hall–Kier alpha value is -1.92. The van der Waals surface area contributed by atoms with Crippen molar-refractivity contribution in [2.75, 3.05) is 17.2 Å². The second kappa shape index (κ2) is 6.24. The van der Waals surface area contributed by atoms with Gasteiger partial charge in [-0.15, -0.1) is 0 Å². The monoisotopic (exact) mass is 293 g/mol. The van der Waals surface area contributed by atoms with Crippen molar-refractivity contribution in [1.82, 2.24) is 9.97 Å². The van der Waals surface area contributed by atoms with Gasteiger partial charge in [-0.3, -0.25) is 10.1 Å². The summed E-state index contributed by atoms with van der Waals surface area (Å²) in [4.78, 5) is 19.4. The highest BCUT2D eigenvalue weighted by Gasteiger charge is 2.37. The number of hydrogen-bond donors (Lipinski definition) is 2. The Labute approximate surface area is 124 Å². The Morgan fingerprint density at radius 1 is 1.33 bits per heavy atom. The largest absolute Gasteiger partial charge is 0.359 e. The first-order valence-corrected chi connectivity index (χ1v) is 7.56. The van der Waals surface area contributed by atoms with Gasteiger partial charge in [0.05, 0.1) is 4.92 Å². The number of anilines is 2. The fraction of sp³-hybridized carbons (Fsp3) is 0.714. The minimum atomic E-state index is -0.400. The van der Waals surface area contributed by atoms with Crippen LogP contribution in [0.25, 0.3) is 0 Å². The van der Waals surface area contributed by atoms with Crippen LogP contribution in [0, 0.1) is 17.0 Å². The average Bonchev–Trinajstić information content (AvgIpc) is 2.39. The summed E-state index contributed by atoms with van der Waals surface area (Å²) in [5.74, 6) is 0.792. The maximum absolute atomic E-state index is 11.3. The van der Waals surface area contributed by atoms with Crippen LogP contribution in [0.15, 0.2) is 0 Å². The molecule has 1 saturated carbocycles. The van der Waals surface area contributed by atoms with Crippen molar-refractivity contribution in [2.24, 2.45) is 0 Å². The lowest BCUT2D eigenvalue weighted by Crippen LogP contribution is -2.44. The van der Waals surface area contributed by atoms with Gasteiger partial charge in [0.15, 0.2) is 0 Å². The lowest BCUT2D eigenvalue weighted by molar-refractivity contribution is -0.385. The quantitative estimate of drug-likeness (QED) is 0.592. The van der Waals surface area contributed by atoms with Crippen molar-refractivity contribution in [2.45, 2.75) is 58.4 Å². The number of rotatable bonds is 7. The zero-order valence-corrected chi connectivity index (χ0v) is 12.9. The summed E-state index contributed by atoms with van der Waals surface area (Å²) in [6.07, 6.45) is 5.09. The van der Waals surface area contributed by atoms with Crippen LogP contribution in [0.2, 0.25) is 0 Å². The fourth-order valence-corrected chi connectivity index (χ4v) is 2.61. The van der Waals surface area contributed by atoms with Gasteiger partial charge in [0.1, 0.15) is 5.69 Å². The van der Waals surface area contributed by atoms with Gasteiger partial charge in [0, 0.05) is 12.1 Å². The predicted molar refractivity (Wildman–Crippen MR) is 82.7 cm³/mol. The maximum Gasteiger partial charge on any atom is 0.332 e. The van der Waals surface area contributed by atoms with E-state index in [1.54, 1.807) is 6.92 Å². The van der Waals surface area contributed by atoms with Gasteiger partial charge in [-0.1, -0.05) is 13.8 Å². The van der Waals surface area contributed by atoms with Crippen LogP contribution in [-0.2, 0) is 0 Å². The topological polar surface area (TPSA) is 93.0 Å². The Kier molecular flexibility index (Phi) is 4.59. The van der Waals surface area contributed by atoms with E-state index in [4.69, 9.17) is 0 Å². The molecule has 2 N–H and O–H groups in total. The normalized spacial score (nSPS) is 16.1. The van der Waals surface area contributed by atoms with Gasteiger partial charge in [0.25, 0.3) is 0 Å². The molecular formula is C14H23N5O2. The standard InChI is InChI=1S/C14H23N5O2/c1-4-9-15-13-16-10(3)11(19(20)21)12(17-13)18-14(5-2)7-6-8-14/h4-9H2,1-3H3,(H2,15,16,17,18). The zero-order valence-electron chi connectivity index (χ0n) is 12.9. The van der Waals surface area contributed by atoms with Crippen molar-refractivity contribution in [3.05, 3.63) is 15.8 Å². The number of nitrogens with one attached hydrogen (secondary N) is 2. The minimum Gasteiger partial charge on any atom is -0.359 e. The molecule has 0 aromatic carbocycles. The smallest absolute Gasteiger partial charge is 0.332 e. The third-order valence-electron chi connectivity index (χ3n) is 4.15. The van der Waals surface area contributed by atoms with Gasteiger partial charge in [0.2, 0.25) is 11.8 Å². The predicted octanol–water partition coefficient (Wildman–Crippen LogP) is 3.26. The molecule has 21 heavy (non-hydrogen) atoms. The first kappa shape index (κ1) is 15.5. The second-order valence-corrected chi connectivity index (χ2v) is 5.63. The van der Waals surface area contributed by atoms with E-state index in [1.807, 2.05) is 6.92 Å². The van der Waals surface area contributed by atoms with E-state index in [2.05, 4.69) is 27.5 Å². The summed E-state index contributed by atoms with van der Waals surface area (Å²) in [5, 5.41) is 17.7. The Morgan fingerprint density at radius 2 is 2.05 bits per heavy atom. The molecule has 1 fully saturated rings. The summed E-state index contributed by atoms with van der Waals surface area (Å²) in [5.41, 5.74) is 0.326. The third kappa shape index (κ3) is 3.22. The van der Waals surface area contributed by atoms with Crippen LogP contribution in [0.1, 0.15) is 51.6 Å². The third-order valence-corrected chi connectivity index (χ3v) is 4.15. The SMILES string of the molecule is CCCNc1nc(C)c([N+](=O)[O-])c(NC2(CC)CCC2)n1. The summed E-state index contributed by atoms with van der Waals surface area (Å²) >= 11 is 0. The summed E-state index contributed by atoms with van der Waals surface area (Å²) < 4.78 is 0. The minimum absolute atomic E-state index is 0.0169. The van der Waals surface area contributed by atoms with E-state index in [1.165, 1.54) is 0 Å². The number of nitro groups is 1. The van der Waals surface area contributed by atoms with E-state index in [0.717, 1.165) is 38.6 Å². The molecule has 1 aromatic heterocycles. The highest BCUT2D eigenvalue weighted by Crippen LogP contribution is 2.40. The maximum atomic E-state index is 11.3. The van der Waals surface area contributed by atoms with E-state index in [-0.39, 0.29) is 11.2 Å². The molecule has 1 heterocycles.